The van der Waals surface area contributed by atoms with Crippen LogP contribution < -0.4 is 0 Å². The smallest absolute Gasteiger partial charge is 0.462 e. The fourth-order valence-electron chi connectivity index (χ4n) is 12.3. The number of hydrogen-bond acceptors (Lipinski definition) is 15. The van der Waals surface area contributed by atoms with Gasteiger partial charge in [-0.05, 0) is 49.4 Å². The van der Waals surface area contributed by atoms with Crippen molar-refractivity contribution >= 4 is 39.5 Å². The number of aliphatic hydroxyl groups excluding tert-OH is 1. The van der Waals surface area contributed by atoms with Gasteiger partial charge in [0.25, 0.3) is 0 Å². The van der Waals surface area contributed by atoms with E-state index in [0.29, 0.717) is 25.7 Å². The third kappa shape index (κ3) is 70.4. The second-order valence-corrected chi connectivity index (χ2v) is 33.3. The van der Waals surface area contributed by atoms with E-state index in [1.807, 2.05) is 0 Å². The molecule has 0 saturated heterocycles. The van der Waals surface area contributed by atoms with E-state index in [9.17, 15) is 43.2 Å². The maximum Gasteiger partial charge on any atom is 0.472 e. The molecular formula is C81H158O17P2. The predicted molar refractivity (Wildman–Crippen MR) is 409 cm³/mol. The van der Waals surface area contributed by atoms with E-state index in [1.165, 1.54) is 212 Å². The lowest BCUT2D eigenvalue weighted by Gasteiger charge is -2.21. The SMILES string of the molecule is CCC(C)CCCCCCCCCCCCCCCCC(=O)O[C@H](COC(=O)CCCCCCCCC(C)CC)COP(=O)(O)OC[C@H](O)COP(=O)(O)OC[C@@H](COC(=O)CCCCCCCCCCCCCCCCCC(C)C)OC(=O)CCCCCCCCCCCCC(C)CC. The number of carbonyl (C=O) groups excluding carboxylic acids is 4. The molecule has 17 nitrogen and oxygen atoms in total. The highest BCUT2D eigenvalue weighted by Gasteiger charge is 2.30. The Labute approximate surface area is 613 Å². The van der Waals surface area contributed by atoms with Crippen LogP contribution in [0.4, 0.5) is 0 Å². The molecule has 594 valence electrons. The molecule has 0 saturated carbocycles. The Kier molecular flexibility index (Phi) is 68.7. The first kappa shape index (κ1) is 98.1. The Morgan fingerprint density at radius 3 is 0.710 bits per heavy atom. The van der Waals surface area contributed by atoms with Gasteiger partial charge in [-0.2, -0.15) is 0 Å². The third-order valence-corrected chi connectivity index (χ3v) is 21.8. The topological polar surface area (TPSA) is 237 Å². The summed E-state index contributed by atoms with van der Waals surface area (Å²) in [6.07, 6.45) is 56.8. The Balaban J connectivity index is 5.24. The van der Waals surface area contributed by atoms with E-state index in [4.69, 9.17) is 37.0 Å². The van der Waals surface area contributed by atoms with Crippen molar-refractivity contribution in [3.05, 3.63) is 0 Å². The molecule has 100 heavy (non-hydrogen) atoms. The molecule has 19 heteroatoms. The van der Waals surface area contributed by atoms with Gasteiger partial charge in [-0.3, -0.25) is 37.3 Å². The van der Waals surface area contributed by atoms with Gasteiger partial charge in [0.05, 0.1) is 26.4 Å². The van der Waals surface area contributed by atoms with Gasteiger partial charge in [0.1, 0.15) is 19.3 Å². The van der Waals surface area contributed by atoms with Crippen molar-refractivity contribution in [2.45, 2.75) is 433 Å². The summed E-state index contributed by atoms with van der Waals surface area (Å²) in [5.41, 5.74) is 0. The summed E-state index contributed by atoms with van der Waals surface area (Å²) in [5.74, 6) is 1.07. The number of aliphatic hydroxyl groups is 1. The largest absolute Gasteiger partial charge is 0.472 e. The first-order valence-corrected chi connectivity index (χ1v) is 44.8. The summed E-state index contributed by atoms with van der Waals surface area (Å²) in [4.78, 5) is 73.0. The first-order valence-electron chi connectivity index (χ1n) is 41.8. The predicted octanol–water partition coefficient (Wildman–Crippen LogP) is 24.0. The van der Waals surface area contributed by atoms with Crippen LogP contribution in [0, 0.1) is 23.7 Å². The quantitative estimate of drug-likeness (QED) is 0.0222. The lowest BCUT2D eigenvalue weighted by Crippen LogP contribution is -2.30. The van der Waals surface area contributed by atoms with Crippen LogP contribution in [0.15, 0.2) is 0 Å². The molecule has 3 N–H and O–H groups in total. The van der Waals surface area contributed by atoms with E-state index in [-0.39, 0.29) is 25.7 Å². The minimum Gasteiger partial charge on any atom is -0.462 e. The van der Waals surface area contributed by atoms with Crippen LogP contribution in [0.2, 0.25) is 0 Å². The number of hydrogen-bond donors (Lipinski definition) is 3. The normalized spacial score (nSPS) is 14.8. The van der Waals surface area contributed by atoms with Crippen LogP contribution in [-0.2, 0) is 65.4 Å². The van der Waals surface area contributed by atoms with Gasteiger partial charge < -0.3 is 33.8 Å². The summed E-state index contributed by atoms with van der Waals surface area (Å²) < 4.78 is 68.7. The summed E-state index contributed by atoms with van der Waals surface area (Å²) in [5, 5.41) is 10.6. The van der Waals surface area contributed by atoms with Gasteiger partial charge in [-0.15, -0.1) is 0 Å². The number of ether oxygens (including phenoxy) is 4. The standard InChI is InChI=1S/C81H158O17P2/c1-9-72(6)58-50-42-34-28-22-18-15-16-20-24-31-37-47-55-63-80(85)98-77(68-92-79(84)62-54-46-40-39-44-52-60-74(8)11-3)70-96-100(89,90)94-66-75(82)65-93-99(87,88)95-69-76(97-81(86)64-56-48-38-32-26-25-29-35-43-51-59-73(7)10-2)67-91-78(83)61-53-45-36-30-23-19-14-12-13-17-21-27-33-41-49-57-71(4)5/h71-77,82H,9-70H2,1-8H3,(H,87,88)(H,89,90)/t72?,73?,74?,75-,76-,77-/m1/s1. The molecule has 0 amide bonds. The fraction of sp³-hybridized carbons (Fsp3) is 0.951. The molecule has 0 aromatic carbocycles. The molecule has 0 spiro atoms. The summed E-state index contributed by atoms with van der Waals surface area (Å²) in [7, 11) is -9.92. The van der Waals surface area contributed by atoms with Crippen LogP contribution in [0.3, 0.4) is 0 Å². The maximum atomic E-state index is 13.1. The Bertz CT molecular complexity index is 1960. The highest BCUT2D eigenvalue weighted by molar-refractivity contribution is 7.47. The van der Waals surface area contributed by atoms with Gasteiger partial charge in [0.2, 0.25) is 0 Å². The number of esters is 4. The lowest BCUT2D eigenvalue weighted by atomic mass is 9.99. The van der Waals surface area contributed by atoms with E-state index >= 15 is 0 Å². The molecule has 0 radical (unpaired) electrons. The molecule has 8 atom stereocenters. The van der Waals surface area contributed by atoms with E-state index in [1.54, 1.807) is 0 Å². The molecule has 0 aromatic heterocycles. The van der Waals surface area contributed by atoms with Gasteiger partial charge in [0.15, 0.2) is 12.2 Å². The number of phosphoric acid groups is 2. The molecular weight excluding hydrogens is 1310 g/mol. The molecule has 0 fully saturated rings. The van der Waals surface area contributed by atoms with Crippen molar-refractivity contribution in [1.29, 1.82) is 0 Å². The molecule has 0 heterocycles. The zero-order valence-electron chi connectivity index (χ0n) is 65.8. The van der Waals surface area contributed by atoms with Crippen LogP contribution >= 0.6 is 15.6 Å². The first-order chi connectivity index (χ1) is 48.2. The molecule has 0 bridgehead atoms. The van der Waals surface area contributed by atoms with Crippen LogP contribution in [0.5, 0.6) is 0 Å². The minimum atomic E-state index is -4.96. The van der Waals surface area contributed by atoms with Crippen molar-refractivity contribution in [3.63, 3.8) is 0 Å². The summed E-state index contributed by atoms with van der Waals surface area (Å²) in [6, 6.07) is 0. The minimum absolute atomic E-state index is 0.106. The van der Waals surface area contributed by atoms with Crippen LogP contribution in [-0.4, -0.2) is 96.7 Å². The summed E-state index contributed by atoms with van der Waals surface area (Å²) in [6.45, 7) is 14.3. The average Bonchev–Trinajstić information content (AvgIpc) is 0.928. The Hall–Kier alpha value is -1.94. The van der Waals surface area contributed by atoms with Crippen molar-refractivity contribution in [2.75, 3.05) is 39.6 Å². The second-order valence-electron chi connectivity index (χ2n) is 30.4. The van der Waals surface area contributed by atoms with Crippen molar-refractivity contribution in [2.24, 2.45) is 23.7 Å². The van der Waals surface area contributed by atoms with Gasteiger partial charge in [0, 0.05) is 25.7 Å². The van der Waals surface area contributed by atoms with Gasteiger partial charge in [-0.25, -0.2) is 9.13 Å². The maximum absolute atomic E-state index is 13.1. The number of rotatable bonds is 78. The van der Waals surface area contributed by atoms with E-state index < -0.39 is 97.5 Å². The van der Waals surface area contributed by atoms with Crippen LogP contribution in [0.1, 0.15) is 415 Å². The molecule has 0 aliphatic heterocycles. The van der Waals surface area contributed by atoms with Gasteiger partial charge >= 0.3 is 39.5 Å². The number of phosphoric ester groups is 2. The van der Waals surface area contributed by atoms with E-state index in [2.05, 4.69) is 55.4 Å². The molecule has 0 aliphatic rings. The second kappa shape index (κ2) is 70.1. The van der Waals surface area contributed by atoms with Crippen molar-refractivity contribution < 1.29 is 80.2 Å². The molecule has 0 aliphatic carbocycles. The lowest BCUT2D eigenvalue weighted by molar-refractivity contribution is -0.161. The zero-order valence-corrected chi connectivity index (χ0v) is 67.6. The number of carbonyl (C=O) groups is 4. The molecule has 0 aromatic rings. The number of unbranched alkanes of at least 4 members (excludes halogenated alkanes) is 41. The monoisotopic (exact) mass is 1470 g/mol. The highest BCUT2D eigenvalue weighted by Crippen LogP contribution is 2.45. The fourth-order valence-corrected chi connectivity index (χ4v) is 13.9. The third-order valence-electron chi connectivity index (χ3n) is 19.9. The van der Waals surface area contributed by atoms with Crippen molar-refractivity contribution in [1.82, 2.24) is 0 Å². The highest BCUT2D eigenvalue weighted by atomic mass is 31.2. The van der Waals surface area contributed by atoms with Gasteiger partial charge in [-0.1, -0.05) is 364 Å². The van der Waals surface area contributed by atoms with Crippen molar-refractivity contribution in [3.8, 4) is 0 Å². The molecule has 5 unspecified atom stereocenters. The summed E-state index contributed by atoms with van der Waals surface area (Å²) >= 11 is 0. The average molecular weight is 1470 g/mol. The zero-order chi connectivity index (χ0) is 73.8. The Morgan fingerprint density at radius 2 is 0.480 bits per heavy atom. The Morgan fingerprint density at radius 1 is 0.280 bits per heavy atom. The van der Waals surface area contributed by atoms with Crippen LogP contribution in [0.25, 0.3) is 0 Å². The van der Waals surface area contributed by atoms with E-state index in [0.717, 1.165) is 120 Å². The molecule has 0 rings (SSSR count).